The lowest BCUT2D eigenvalue weighted by Gasteiger charge is -2.28. The summed E-state index contributed by atoms with van der Waals surface area (Å²) in [5.41, 5.74) is 4.01. The van der Waals surface area contributed by atoms with Crippen LogP contribution in [0.5, 0.6) is 0 Å². The summed E-state index contributed by atoms with van der Waals surface area (Å²) >= 11 is 0. The molecule has 150 valence electrons. The van der Waals surface area contributed by atoms with Crippen LogP contribution >= 0.6 is 0 Å². The number of rotatable bonds is 3. The maximum absolute atomic E-state index is 12.8. The molecule has 0 N–H and O–H groups in total. The number of carbonyl (C=O) groups excluding carboxylic acids is 1. The Balaban J connectivity index is 1.66. The number of likely N-dealkylation sites (tertiary alicyclic amines) is 1. The van der Waals surface area contributed by atoms with E-state index in [1.165, 1.54) is 10.6 Å². The van der Waals surface area contributed by atoms with Crippen molar-refractivity contribution in [1.82, 2.24) is 24.2 Å². The first-order chi connectivity index (χ1) is 13.4. The second kappa shape index (κ2) is 7.29. The third kappa shape index (κ3) is 3.44. The SMILES string of the molecule is Cc1c(C(=O)N2CCCCC2)nnn1-c1cccc2c1CCN(S(C)(=O)=O)C2. The maximum atomic E-state index is 12.8. The van der Waals surface area contributed by atoms with Gasteiger partial charge in [0.25, 0.3) is 5.91 Å². The van der Waals surface area contributed by atoms with Gasteiger partial charge in [-0.1, -0.05) is 17.3 Å². The average molecular weight is 404 g/mol. The van der Waals surface area contributed by atoms with Gasteiger partial charge < -0.3 is 4.90 Å². The molecule has 0 unspecified atom stereocenters. The van der Waals surface area contributed by atoms with Crippen LogP contribution in [-0.4, -0.2) is 64.4 Å². The fourth-order valence-corrected chi connectivity index (χ4v) is 4.84. The van der Waals surface area contributed by atoms with Gasteiger partial charge in [0, 0.05) is 26.2 Å². The van der Waals surface area contributed by atoms with E-state index in [1.54, 1.807) is 4.68 Å². The van der Waals surface area contributed by atoms with Gasteiger partial charge in [-0.3, -0.25) is 4.79 Å². The monoisotopic (exact) mass is 403 g/mol. The zero-order valence-corrected chi connectivity index (χ0v) is 17.1. The molecule has 8 nitrogen and oxygen atoms in total. The van der Waals surface area contributed by atoms with E-state index in [1.807, 2.05) is 30.0 Å². The Morgan fingerprint density at radius 2 is 1.86 bits per heavy atom. The Kier molecular flexibility index (Phi) is 4.96. The topological polar surface area (TPSA) is 88.4 Å². The number of piperidine rings is 1. The van der Waals surface area contributed by atoms with Crippen molar-refractivity contribution in [3.05, 3.63) is 40.7 Å². The van der Waals surface area contributed by atoms with Crippen molar-refractivity contribution in [1.29, 1.82) is 0 Å². The summed E-state index contributed by atoms with van der Waals surface area (Å²) in [5, 5.41) is 8.45. The summed E-state index contributed by atoms with van der Waals surface area (Å²) in [7, 11) is -3.23. The number of nitrogens with zero attached hydrogens (tertiary/aromatic N) is 5. The van der Waals surface area contributed by atoms with Crippen molar-refractivity contribution in [3.63, 3.8) is 0 Å². The van der Waals surface area contributed by atoms with Crippen LogP contribution in [0.2, 0.25) is 0 Å². The minimum atomic E-state index is -3.23. The van der Waals surface area contributed by atoms with Crippen molar-refractivity contribution < 1.29 is 13.2 Å². The van der Waals surface area contributed by atoms with E-state index in [0.29, 0.717) is 25.2 Å². The first kappa shape index (κ1) is 19.1. The highest BCUT2D eigenvalue weighted by atomic mass is 32.2. The molecule has 3 heterocycles. The van der Waals surface area contributed by atoms with Gasteiger partial charge in [-0.15, -0.1) is 5.10 Å². The highest BCUT2D eigenvalue weighted by Gasteiger charge is 2.28. The first-order valence-electron chi connectivity index (χ1n) is 9.64. The van der Waals surface area contributed by atoms with Crippen LogP contribution in [0.3, 0.4) is 0 Å². The number of fused-ring (bicyclic) bond motifs is 1. The summed E-state index contributed by atoms with van der Waals surface area (Å²) in [6.45, 7) is 4.20. The van der Waals surface area contributed by atoms with Crippen LogP contribution in [0.4, 0.5) is 0 Å². The number of hydrogen-bond donors (Lipinski definition) is 0. The number of sulfonamides is 1. The number of amides is 1. The van der Waals surface area contributed by atoms with E-state index < -0.39 is 10.0 Å². The molecule has 0 bridgehead atoms. The quantitative estimate of drug-likeness (QED) is 0.775. The molecular formula is C19H25N5O3S. The predicted molar refractivity (Wildman–Crippen MR) is 105 cm³/mol. The molecule has 1 saturated heterocycles. The van der Waals surface area contributed by atoms with E-state index in [-0.39, 0.29) is 5.91 Å². The van der Waals surface area contributed by atoms with Gasteiger partial charge in [0.05, 0.1) is 17.6 Å². The molecule has 4 rings (SSSR count). The molecule has 9 heteroatoms. The number of carbonyl (C=O) groups is 1. The third-order valence-electron chi connectivity index (χ3n) is 5.64. The van der Waals surface area contributed by atoms with Crippen LogP contribution < -0.4 is 0 Å². The molecule has 2 aromatic rings. The molecule has 2 aliphatic heterocycles. The minimum absolute atomic E-state index is 0.0588. The zero-order valence-electron chi connectivity index (χ0n) is 16.3. The lowest BCUT2D eigenvalue weighted by Crippen LogP contribution is -2.36. The Hall–Kier alpha value is -2.26. The summed E-state index contributed by atoms with van der Waals surface area (Å²) in [6.07, 6.45) is 5.06. The van der Waals surface area contributed by atoms with E-state index in [2.05, 4.69) is 10.3 Å². The zero-order chi connectivity index (χ0) is 19.9. The Morgan fingerprint density at radius 3 is 2.57 bits per heavy atom. The summed E-state index contributed by atoms with van der Waals surface area (Å²) < 4.78 is 27.0. The standard InChI is InChI=1S/C19H25N5O3S/c1-14-18(19(25)22-10-4-3-5-11-22)20-21-24(14)17-8-6-7-15-13-23(28(2,26)27)12-9-16(15)17/h6-8H,3-5,9-13H2,1-2H3. The van der Waals surface area contributed by atoms with Crippen LogP contribution in [-0.2, 0) is 23.0 Å². The molecule has 1 aromatic carbocycles. The van der Waals surface area contributed by atoms with Gasteiger partial charge in [-0.05, 0) is 49.8 Å². The van der Waals surface area contributed by atoms with Gasteiger partial charge in [0.1, 0.15) is 0 Å². The van der Waals surface area contributed by atoms with Crippen molar-refractivity contribution in [2.75, 3.05) is 25.9 Å². The molecule has 0 saturated carbocycles. The van der Waals surface area contributed by atoms with Crippen molar-refractivity contribution in [2.24, 2.45) is 0 Å². The normalized spacial score (nSPS) is 18.1. The molecular weight excluding hydrogens is 378 g/mol. The number of hydrogen-bond acceptors (Lipinski definition) is 5. The summed E-state index contributed by atoms with van der Waals surface area (Å²) in [6, 6.07) is 5.79. The number of benzene rings is 1. The minimum Gasteiger partial charge on any atom is -0.337 e. The van der Waals surface area contributed by atoms with Gasteiger partial charge in [-0.2, -0.15) is 4.31 Å². The van der Waals surface area contributed by atoms with Crippen molar-refractivity contribution in [3.8, 4) is 5.69 Å². The molecule has 0 atom stereocenters. The van der Waals surface area contributed by atoms with Crippen LogP contribution in [0.25, 0.3) is 5.69 Å². The van der Waals surface area contributed by atoms with Crippen LogP contribution in [0.1, 0.15) is 46.6 Å². The second-order valence-electron chi connectivity index (χ2n) is 7.55. The second-order valence-corrected chi connectivity index (χ2v) is 9.53. The van der Waals surface area contributed by atoms with Crippen LogP contribution in [0.15, 0.2) is 18.2 Å². The molecule has 1 amide bonds. The molecule has 0 spiro atoms. The van der Waals surface area contributed by atoms with Gasteiger partial charge >= 0.3 is 0 Å². The van der Waals surface area contributed by atoms with Gasteiger partial charge in [-0.25, -0.2) is 13.1 Å². The molecule has 0 aliphatic carbocycles. The van der Waals surface area contributed by atoms with Gasteiger partial charge in [0.15, 0.2) is 5.69 Å². The summed E-state index contributed by atoms with van der Waals surface area (Å²) in [5.74, 6) is -0.0588. The van der Waals surface area contributed by atoms with Crippen molar-refractivity contribution in [2.45, 2.75) is 39.2 Å². The van der Waals surface area contributed by atoms with E-state index in [4.69, 9.17) is 0 Å². The fourth-order valence-electron chi connectivity index (χ4n) is 4.05. The maximum Gasteiger partial charge on any atom is 0.276 e. The largest absolute Gasteiger partial charge is 0.337 e. The average Bonchev–Trinajstić information content (AvgIpc) is 3.07. The molecule has 0 radical (unpaired) electrons. The Bertz CT molecular complexity index is 1010. The smallest absolute Gasteiger partial charge is 0.276 e. The Morgan fingerprint density at radius 1 is 1.11 bits per heavy atom. The molecule has 1 fully saturated rings. The highest BCUT2D eigenvalue weighted by molar-refractivity contribution is 7.88. The first-order valence-corrected chi connectivity index (χ1v) is 11.5. The van der Waals surface area contributed by atoms with Crippen molar-refractivity contribution >= 4 is 15.9 Å². The predicted octanol–water partition coefficient (Wildman–Crippen LogP) is 1.52. The van der Waals surface area contributed by atoms with E-state index >= 15 is 0 Å². The Labute approximate surface area is 165 Å². The van der Waals surface area contributed by atoms with E-state index in [0.717, 1.165) is 54.9 Å². The lowest BCUT2D eigenvalue weighted by molar-refractivity contribution is 0.0717. The lowest BCUT2D eigenvalue weighted by atomic mass is 9.99. The number of aromatic nitrogens is 3. The molecule has 1 aromatic heterocycles. The fraction of sp³-hybridized carbons (Fsp3) is 0.526. The molecule has 28 heavy (non-hydrogen) atoms. The summed E-state index contributed by atoms with van der Waals surface area (Å²) in [4.78, 5) is 14.7. The van der Waals surface area contributed by atoms with Gasteiger partial charge in [0.2, 0.25) is 10.0 Å². The highest BCUT2D eigenvalue weighted by Crippen LogP contribution is 2.27. The van der Waals surface area contributed by atoms with Crippen LogP contribution in [0, 0.1) is 6.92 Å². The third-order valence-corrected chi connectivity index (χ3v) is 6.89. The van der Waals surface area contributed by atoms with E-state index in [9.17, 15) is 13.2 Å². The molecule has 2 aliphatic rings.